The van der Waals surface area contributed by atoms with Crippen molar-refractivity contribution in [3.05, 3.63) is 12.2 Å². The molecule has 0 aromatic heterocycles. The van der Waals surface area contributed by atoms with Crippen molar-refractivity contribution < 1.29 is 83.9 Å². The molecule has 0 spiro atoms. The molecule has 0 saturated carbocycles. The Morgan fingerprint density at radius 1 is 0.844 bits per heavy atom. The van der Waals surface area contributed by atoms with Gasteiger partial charge in [-0.15, -0.1) is 0 Å². The van der Waals surface area contributed by atoms with E-state index in [0.717, 1.165) is 77.0 Å². The largest absolute Gasteiger partial charge is 0.472 e. The minimum atomic E-state index is -4.43. The van der Waals surface area contributed by atoms with Crippen molar-refractivity contribution in [2.45, 2.75) is 179 Å². The molecule has 2 bridgehead atoms. The minimum Gasteiger partial charge on any atom is -0.462 e. The van der Waals surface area contributed by atoms with Crippen molar-refractivity contribution in [3.8, 4) is 0 Å². The smallest absolute Gasteiger partial charge is 0.462 e. The fourth-order valence-corrected chi connectivity index (χ4v) is 8.83. The van der Waals surface area contributed by atoms with Gasteiger partial charge in [0.25, 0.3) is 0 Å². The van der Waals surface area contributed by atoms with Crippen molar-refractivity contribution in [1.82, 2.24) is 4.72 Å². The quantitative estimate of drug-likeness (QED) is 0.0108. The molecular formula is C43H80N2O17PS+. The highest BCUT2D eigenvalue weighted by Crippen LogP contribution is 2.46. The predicted molar refractivity (Wildman–Crippen MR) is 237 cm³/mol. The van der Waals surface area contributed by atoms with E-state index >= 15 is 0 Å². The Balaban J connectivity index is 1.63. The Labute approximate surface area is 381 Å². The second-order valence-corrected chi connectivity index (χ2v) is 20.5. The molecule has 2 aliphatic heterocycles. The van der Waals surface area contributed by atoms with E-state index in [4.69, 9.17) is 47.1 Å². The van der Waals surface area contributed by atoms with Crippen LogP contribution in [0.25, 0.3) is 0 Å². The number of rotatable bonds is 38. The van der Waals surface area contributed by atoms with Gasteiger partial charge in [-0.2, -0.15) is 13.1 Å². The summed E-state index contributed by atoms with van der Waals surface area (Å²) in [5.74, 6) is -2.29. The zero-order chi connectivity index (χ0) is 47.5. The summed E-state index contributed by atoms with van der Waals surface area (Å²) >= 11 is 0. The number of allylic oxidation sites excluding steroid dienone is 1. The van der Waals surface area contributed by atoms with Crippen LogP contribution in [0.5, 0.6) is 0 Å². The molecule has 7 atom stereocenters. The van der Waals surface area contributed by atoms with Gasteiger partial charge in [0.05, 0.1) is 53.1 Å². The molecule has 0 amide bonds. The number of aliphatic hydroxyl groups is 1. The Hall–Kier alpha value is -2.07. The van der Waals surface area contributed by atoms with Crippen LogP contribution in [-0.2, 0) is 66.7 Å². The topological polar surface area (TPSA) is 249 Å². The van der Waals surface area contributed by atoms with E-state index in [1.807, 2.05) is 25.9 Å². The van der Waals surface area contributed by atoms with Gasteiger partial charge >= 0.3 is 36.0 Å². The van der Waals surface area contributed by atoms with Crippen LogP contribution in [0.3, 0.4) is 0 Å². The lowest BCUT2D eigenvalue weighted by Crippen LogP contribution is -2.43. The van der Waals surface area contributed by atoms with E-state index in [0.29, 0.717) is 36.9 Å². The third kappa shape index (κ3) is 28.2. The first-order valence-corrected chi connectivity index (χ1v) is 26.0. The second-order valence-electron chi connectivity index (χ2n) is 17.9. The highest BCUT2D eigenvalue weighted by Gasteiger charge is 2.54. The number of unbranched alkanes of at least 4 members (excludes halogenated alkanes) is 14. The van der Waals surface area contributed by atoms with Crippen LogP contribution >= 0.6 is 7.82 Å². The van der Waals surface area contributed by atoms with E-state index in [1.54, 1.807) is 6.08 Å². The van der Waals surface area contributed by atoms with E-state index in [2.05, 4.69) is 0 Å². The van der Waals surface area contributed by atoms with Crippen LogP contribution < -0.4 is 4.72 Å². The van der Waals surface area contributed by atoms with Crippen molar-refractivity contribution in [3.63, 3.8) is 0 Å². The highest BCUT2D eigenvalue weighted by molar-refractivity contribution is 7.83. The number of hydrogen-bond acceptors (Lipinski definition) is 15. The van der Waals surface area contributed by atoms with Gasteiger partial charge in [-0.05, 0) is 38.5 Å². The van der Waals surface area contributed by atoms with Crippen molar-refractivity contribution in [2.75, 3.05) is 67.3 Å². The number of ether oxygens (including phenoxy) is 6. The number of quaternary nitrogens is 1. The van der Waals surface area contributed by atoms with Gasteiger partial charge in [0, 0.05) is 39.4 Å². The summed E-state index contributed by atoms with van der Waals surface area (Å²) < 4.78 is 89.7. The molecule has 4 N–H and O–H groups in total. The summed E-state index contributed by atoms with van der Waals surface area (Å²) in [6, 6.07) is -0.857. The van der Waals surface area contributed by atoms with Crippen molar-refractivity contribution >= 4 is 36.0 Å². The lowest BCUT2D eigenvalue weighted by molar-refractivity contribution is -0.870. The molecule has 374 valence electrons. The SMILES string of the molecule is CC(=O)OC[C@H](COP(=O)(O)OCC[N+](C)(C)C)OC(=O)/C=C/CCCCC[C@@H]1O[C@]2(CCCCCCCCCCCCCCOC[C@H](CO)NS(=O)(=O)O)CC[C@H](OC(C)=O)[C@H]1O2. The maximum atomic E-state index is 12.5. The van der Waals surface area contributed by atoms with Gasteiger partial charge < -0.3 is 42.9 Å². The van der Waals surface area contributed by atoms with Crippen molar-refractivity contribution in [1.29, 1.82) is 0 Å². The zero-order valence-corrected chi connectivity index (χ0v) is 40.7. The van der Waals surface area contributed by atoms with Crippen molar-refractivity contribution in [2.24, 2.45) is 0 Å². The monoisotopic (exact) mass is 959 g/mol. The minimum absolute atomic E-state index is 0.00699. The van der Waals surface area contributed by atoms with E-state index in [-0.39, 0.29) is 44.1 Å². The first-order valence-electron chi connectivity index (χ1n) is 23.1. The molecule has 0 aliphatic carbocycles. The summed E-state index contributed by atoms with van der Waals surface area (Å²) in [5, 5.41) is 9.16. The maximum absolute atomic E-state index is 12.5. The summed E-state index contributed by atoms with van der Waals surface area (Å²) in [5.41, 5.74) is 0. The van der Waals surface area contributed by atoms with Gasteiger partial charge in [0.1, 0.15) is 32.0 Å². The molecule has 2 fully saturated rings. The number of nitrogens with one attached hydrogen (secondary N) is 1. The fraction of sp³-hybridized carbons (Fsp3) is 0.884. The number of nitrogens with zero attached hydrogens (tertiary/aromatic N) is 1. The molecular weight excluding hydrogens is 880 g/mol. The number of carbonyl (C=O) groups is 3. The molecule has 0 aromatic carbocycles. The molecule has 0 radical (unpaired) electrons. The highest BCUT2D eigenvalue weighted by atomic mass is 32.2. The number of likely N-dealkylation sites (N-methyl/N-ethyl adjacent to an activating group) is 1. The summed E-state index contributed by atoms with van der Waals surface area (Å²) in [7, 11) is -3.08. The molecule has 1 unspecified atom stereocenters. The van der Waals surface area contributed by atoms with E-state index in [9.17, 15) is 32.3 Å². The number of phosphoric acid groups is 1. The number of aliphatic hydroxyl groups excluding tert-OH is 1. The van der Waals surface area contributed by atoms with Crippen LogP contribution in [0.4, 0.5) is 0 Å². The number of phosphoric ester groups is 1. The average Bonchev–Trinajstić information content (AvgIpc) is 3.49. The van der Waals surface area contributed by atoms with Gasteiger partial charge in [-0.1, -0.05) is 83.1 Å². The number of esters is 3. The first-order chi connectivity index (χ1) is 30.2. The lowest BCUT2D eigenvalue weighted by atomic mass is 9.94. The molecule has 2 aliphatic rings. The van der Waals surface area contributed by atoms with Gasteiger partial charge in [0.2, 0.25) is 0 Å². The van der Waals surface area contributed by atoms with Gasteiger partial charge in [-0.3, -0.25) is 23.2 Å². The molecule has 2 heterocycles. The fourth-order valence-electron chi connectivity index (χ4n) is 7.52. The normalized spacial score (nSPS) is 22.0. The number of fused-ring (bicyclic) bond motifs is 2. The molecule has 19 nitrogen and oxygen atoms in total. The Morgan fingerprint density at radius 3 is 2.06 bits per heavy atom. The van der Waals surface area contributed by atoms with Crippen LogP contribution in [-0.4, -0.2) is 149 Å². The molecule has 2 saturated heterocycles. The Bertz CT molecular complexity index is 1530. The Kier molecular flexibility index (Phi) is 28.2. The molecule has 0 aromatic rings. The van der Waals surface area contributed by atoms with Crippen LogP contribution in [0.1, 0.15) is 142 Å². The Morgan fingerprint density at radius 2 is 1.47 bits per heavy atom. The van der Waals surface area contributed by atoms with Crippen LogP contribution in [0, 0.1) is 0 Å². The summed E-state index contributed by atoms with van der Waals surface area (Å²) in [4.78, 5) is 45.8. The van der Waals surface area contributed by atoms with Gasteiger partial charge in [-0.25, -0.2) is 9.36 Å². The van der Waals surface area contributed by atoms with Gasteiger partial charge in [0.15, 0.2) is 11.9 Å². The first kappa shape index (κ1) is 58.1. The molecule has 2 rings (SSSR count). The number of hydrogen-bond donors (Lipinski definition) is 4. The maximum Gasteiger partial charge on any atom is 0.472 e. The molecule has 64 heavy (non-hydrogen) atoms. The average molecular weight is 960 g/mol. The standard InChI is InChI=1S/C43H79N2O17PS/c1-35(47)56-33-38(34-58-63(50,51)57-30-28-45(3,4)5)60-41(49)24-20-16-14-15-19-23-40-42-39(59-36(2)48)25-27-43(61-40,62-42)26-21-17-12-10-8-6-7-9-11-13-18-22-29-55-32-37(31-46)44-64(52,53)54/h20,24,37-40,42,44,46H,6-19,21-23,25-34H2,1-5H3,(H-,50,51,52,53,54)/p+1/b24-20+/t37-,38+,39-,40-,42+,43-/m0/s1. The summed E-state index contributed by atoms with van der Waals surface area (Å²) in [6.45, 7) is 2.22. The number of carbonyl (C=O) groups excluding carboxylic acids is 3. The zero-order valence-electron chi connectivity index (χ0n) is 39.0. The third-order valence-corrected chi connectivity index (χ3v) is 12.5. The third-order valence-electron chi connectivity index (χ3n) is 10.8. The predicted octanol–water partition coefficient (Wildman–Crippen LogP) is 5.85. The second kappa shape index (κ2) is 31.1. The van der Waals surface area contributed by atoms with Crippen LogP contribution in [0.15, 0.2) is 12.2 Å². The molecule has 21 heteroatoms. The van der Waals surface area contributed by atoms with E-state index in [1.165, 1.54) is 52.0 Å². The van der Waals surface area contributed by atoms with E-state index < -0.39 is 61.2 Å². The summed E-state index contributed by atoms with van der Waals surface area (Å²) in [6.07, 6.45) is 20.5. The lowest BCUT2D eigenvalue weighted by Gasteiger charge is -2.35. The van der Waals surface area contributed by atoms with Crippen LogP contribution in [0.2, 0.25) is 0 Å².